The van der Waals surface area contributed by atoms with Crippen molar-refractivity contribution in [3.05, 3.63) is 0 Å². The molecule has 4 nitrogen and oxygen atoms in total. The second-order valence-corrected chi connectivity index (χ2v) is 4.67. The summed E-state index contributed by atoms with van der Waals surface area (Å²) in [6, 6.07) is 0.0735. The number of nitrogens with zero attached hydrogens (tertiary/aromatic N) is 2. The van der Waals surface area contributed by atoms with Crippen molar-refractivity contribution in [2.24, 2.45) is 0 Å². The lowest BCUT2D eigenvalue weighted by Crippen LogP contribution is -2.43. The summed E-state index contributed by atoms with van der Waals surface area (Å²) in [4.78, 5) is 16.5. The van der Waals surface area contributed by atoms with E-state index in [1.165, 1.54) is 0 Å². The van der Waals surface area contributed by atoms with E-state index in [-0.39, 0.29) is 6.04 Å². The van der Waals surface area contributed by atoms with Crippen LogP contribution in [-0.2, 0) is 9.53 Å². The summed E-state index contributed by atoms with van der Waals surface area (Å²) in [7, 11) is 5.82. The quantitative estimate of drug-likeness (QED) is 0.646. The molecule has 0 N–H and O–H groups in total. The zero-order chi connectivity index (χ0) is 12.0. The monoisotopic (exact) mass is 228 g/mol. The Labute approximate surface area is 98.5 Å². The minimum atomic E-state index is 0.0735. The highest BCUT2D eigenvalue weighted by Crippen LogP contribution is 2.10. The van der Waals surface area contributed by atoms with Crippen molar-refractivity contribution in [1.29, 1.82) is 0 Å². The summed E-state index contributed by atoms with van der Waals surface area (Å²) in [5.41, 5.74) is 0. The van der Waals surface area contributed by atoms with Gasteiger partial charge in [-0.1, -0.05) is 0 Å². The standard InChI is InChI=1S/C12H24N2O2/c1-13-7-5-8-14(2)11(10-13)12(15)6-4-9-16-3/h11H,4-10H2,1-3H3. The van der Waals surface area contributed by atoms with Crippen LogP contribution in [0.5, 0.6) is 0 Å². The van der Waals surface area contributed by atoms with Gasteiger partial charge in [-0.3, -0.25) is 9.69 Å². The predicted octanol–water partition coefficient (Wildman–Crippen LogP) is 0.618. The molecule has 1 fully saturated rings. The number of ketones is 1. The van der Waals surface area contributed by atoms with E-state index in [4.69, 9.17) is 4.74 Å². The fraction of sp³-hybridized carbons (Fsp3) is 0.917. The van der Waals surface area contributed by atoms with E-state index in [1.807, 2.05) is 0 Å². The molecule has 0 bridgehead atoms. The van der Waals surface area contributed by atoms with Crippen LogP contribution in [0.3, 0.4) is 0 Å². The first-order chi connectivity index (χ1) is 7.65. The molecule has 1 rings (SSSR count). The molecule has 1 aliphatic heterocycles. The van der Waals surface area contributed by atoms with Gasteiger partial charge in [-0.25, -0.2) is 0 Å². The maximum Gasteiger partial charge on any atom is 0.151 e. The number of hydrogen-bond donors (Lipinski definition) is 0. The molecule has 0 radical (unpaired) electrons. The van der Waals surface area contributed by atoms with E-state index < -0.39 is 0 Å². The Morgan fingerprint density at radius 3 is 2.81 bits per heavy atom. The van der Waals surface area contributed by atoms with Gasteiger partial charge in [0.25, 0.3) is 0 Å². The number of likely N-dealkylation sites (N-methyl/N-ethyl adjacent to an activating group) is 2. The number of methoxy groups -OCH3 is 1. The van der Waals surface area contributed by atoms with Crippen LogP contribution in [0.2, 0.25) is 0 Å². The number of carbonyl (C=O) groups is 1. The largest absolute Gasteiger partial charge is 0.385 e. The maximum atomic E-state index is 12.1. The van der Waals surface area contributed by atoms with Crippen molar-refractivity contribution < 1.29 is 9.53 Å². The SMILES string of the molecule is COCCCC(=O)C1CN(C)CCCN1C. The van der Waals surface area contributed by atoms with Gasteiger partial charge in [0.1, 0.15) is 0 Å². The number of hydrogen-bond acceptors (Lipinski definition) is 4. The van der Waals surface area contributed by atoms with Crippen molar-refractivity contribution in [2.45, 2.75) is 25.3 Å². The summed E-state index contributed by atoms with van der Waals surface area (Å²) < 4.78 is 4.98. The Hall–Kier alpha value is -0.450. The number of rotatable bonds is 5. The van der Waals surface area contributed by atoms with E-state index in [0.29, 0.717) is 18.8 Å². The van der Waals surface area contributed by atoms with Gasteiger partial charge in [0.15, 0.2) is 5.78 Å². The van der Waals surface area contributed by atoms with Crippen molar-refractivity contribution in [3.8, 4) is 0 Å². The van der Waals surface area contributed by atoms with Gasteiger partial charge in [0.05, 0.1) is 6.04 Å². The van der Waals surface area contributed by atoms with E-state index in [2.05, 4.69) is 23.9 Å². The van der Waals surface area contributed by atoms with Gasteiger partial charge >= 0.3 is 0 Å². The van der Waals surface area contributed by atoms with Crippen LogP contribution in [0.15, 0.2) is 0 Å². The highest BCUT2D eigenvalue weighted by Gasteiger charge is 2.25. The van der Waals surface area contributed by atoms with Gasteiger partial charge in [0.2, 0.25) is 0 Å². The average molecular weight is 228 g/mol. The van der Waals surface area contributed by atoms with Gasteiger partial charge in [-0.2, -0.15) is 0 Å². The lowest BCUT2D eigenvalue weighted by atomic mass is 10.1. The molecular formula is C12H24N2O2. The first-order valence-electron chi connectivity index (χ1n) is 6.05. The molecule has 4 heteroatoms. The summed E-state index contributed by atoms with van der Waals surface area (Å²) in [5.74, 6) is 0.355. The molecule has 0 aromatic carbocycles. The topological polar surface area (TPSA) is 32.8 Å². The third-order valence-electron chi connectivity index (χ3n) is 3.21. The Morgan fingerprint density at radius 1 is 1.38 bits per heavy atom. The van der Waals surface area contributed by atoms with Crippen LogP contribution in [0.25, 0.3) is 0 Å². The van der Waals surface area contributed by atoms with Gasteiger partial charge in [-0.05, 0) is 40.0 Å². The second kappa shape index (κ2) is 6.99. The molecule has 0 aromatic rings. The molecule has 16 heavy (non-hydrogen) atoms. The number of ether oxygens (including phenoxy) is 1. The Morgan fingerprint density at radius 2 is 2.12 bits per heavy atom. The zero-order valence-corrected chi connectivity index (χ0v) is 10.7. The minimum Gasteiger partial charge on any atom is -0.385 e. The fourth-order valence-corrected chi connectivity index (χ4v) is 2.18. The normalized spacial score (nSPS) is 24.3. The molecule has 1 aliphatic rings. The molecule has 94 valence electrons. The fourth-order valence-electron chi connectivity index (χ4n) is 2.18. The summed E-state index contributed by atoms with van der Waals surface area (Å²) in [6.07, 6.45) is 2.62. The molecule has 0 aliphatic carbocycles. The number of carbonyl (C=O) groups excluding carboxylic acids is 1. The smallest absolute Gasteiger partial charge is 0.151 e. The zero-order valence-electron chi connectivity index (χ0n) is 10.7. The Kier molecular flexibility index (Phi) is 5.95. The summed E-state index contributed by atoms with van der Waals surface area (Å²) in [6.45, 7) is 3.65. The van der Waals surface area contributed by atoms with Crippen LogP contribution < -0.4 is 0 Å². The Bertz CT molecular complexity index is 221. The third-order valence-corrected chi connectivity index (χ3v) is 3.21. The van der Waals surface area contributed by atoms with Crippen LogP contribution >= 0.6 is 0 Å². The van der Waals surface area contributed by atoms with E-state index in [9.17, 15) is 4.79 Å². The number of Topliss-reactive ketones (excluding diaryl/α,β-unsaturated/α-hetero) is 1. The average Bonchev–Trinajstić information content (AvgIpc) is 2.41. The second-order valence-electron chi connectivity index (χ2n) is 4.67. The van der Waals surface area contributed by atoms with Crippen molar-refractivity contribution in [2.75, 3.05) is 47.4 Å². The highest BCUT2D eigenvalue weighted by atomic mass is 16.5. The first-order valence-corrected chi connectivity index (χ1v) is 6.05. The highest BCUT2D eigenvalue weighted by molar-refractivity contribution is 5.84. The summed E-state index contributed by atoms with van der Waals surface area (Å²) in [5, 5.41) is 0. The van der Waals surface area contributed by atoms with E-state index in [0.717, 1.165) is 32.5 Å². The molecule has 0 aromatic heterocycles. The van der Waals surface area contributed by atoms with Crippen LogP contribution in [-0.4, -0.2) is 69.1 Å². The molecule has 0 saturated carbocycles. The van der Waals surface area contributed by atoms with Crippen LogP contribution in [0.1, 0.15) is 19.3 Å². The van der Waals surface area contributed by atoms with Crippen LogP contribution in [0.4, 0.5) is 0 Å². The van der Waals surface area contributed by atoms with Crippen LogP contribution in [0, 0.1) is 0 Å². The molecule has 1 saturated heterocycles. The molecular weight excluding hydrogens is 204 g/mol. The van der Waals surface area contributed by atoms with E-state index in [1.54, 1.807) is 7.11 Å². The van der Waals surface area contributed by atoms with Crippen molar-refractivity contribution in [1.82, 2.24) is 9.80 Å². The van der Waals surface area contributed by atoms with E-state index >= 15 is 0 Å². The molecule has 1 heterocycles. The van der Waals surface area contributed by atoms with Gasteiger partial charge in [0, 0.05) is 26.7 Å². The molecule has 0 amide bonds. The summed E-state index contributed by atoms with van der Waals surface area (Å²) >= 11 is 0. The third kappa shape index (κ3) is 4.20. The Balaban J connectivity index is 2.44. The lowest BCUT2D eigenvalue weighted by molar-refractivity contribution is -0.124. The van der Waals surface area contributed by atoms with Gasteiger partial charge < -0.3 is 9.64 Å². The molecule has 0 spiro atoms. The van der Waals surface area contributed by atoms with Gasteiger partial charge in [-0.15, -0.1) is 0 Å². The lowest BCUT2D eigenvalue weighted by Gasteiger charge is -2.26. The predicted molar refractivity (Wildman–Crippen MR) is 64.6 cm³/mol. The van der Waals surface area contributed by atoms with Crippen molar-refractivity contribution >= 4 is 5.78 Å². The van der Waals surface area contributed by atoms with Crippen molar-refractivity contribution in [3.63, 3.8) is 0 Å². The molecule has 1 unspecified atom stereocenters. The molecule has 1 atom stereocenters. The maximum absolute atomic E-state index is 12.1. The first kappa shape index (κ1) is 13.6. The minimum absolute atomic E-state index is 0.0735.